The first kappa shape index (κ1) is 15.8. The number of rotatable bonds is 4. The zero-order valence-electron chi connectivity index (χ0n) is 12.6. The Labute approximate surface area is 143 Å². The van der Waals surface area contributed by atoms with Gasteiger partial charge in [0.15, 0.2) is 11.8 Å². The molecule has 118 valence electrons. The summed E-state index contributed by atoms with van der Waals surface area (Å²) in [6.45, 7) is -0.0414. The number of aliphatic imine (C=N–C) groups is 1. The summed E-state index contributed by atoms with van der Waals surface area (Å²) in [5.41, 5.74) is 1.52. The summed E-state index contributed by atoms with van der Waals surface area (Å²) < 4.78 is 5.38. The van der Waals surface area contributed by atoms with E-state index in [1.165, 1.54) is 11.8 Å². The molecule has 1 amide bonds. The molecule has 6 heteroatoms. The first-order chi connectivity index (χ1) is 11.8. The number of para-hydroxylation sites is 2. The monoisotopic (exact) mass is 335 g/mol. The van der Waals surface area contributed by atoms with Crippen LogP contribution < -0.4 is 10.1 Å². The molecule has 1 N–H and O–H groups in total. The van der Waals surface area contributed by atoms with Crippen molar-refractivity contribution in [3.8, 4) is 11.8 Å². The van der Waals surface area contributed by atoms with E-state index in [1.54, 1.807) is 12.1 Å². The number of nitriles is 1. The normalized spacial score (nSPS) is 16.9. The Morgan fingerprint density at radius 3 is 2.71 bits per heavy atom. The topological polar surface area (TPSA) is 74.5 Å². The number of carbonyl (C=O) groups excluding carboxylic acids is 1. The van der Waals surface area contributed by atoms with Gasteiger partial charge in [0.2, 0.25) is 0 Å². The summed E-state index contributed by atoms with van der Waals surface area (Å²) in [6.07, 6.45) is 1.74. The molecule has 3 rings (SSSR count). The third kappa shape index (κ3) is 3.83. The van der Waals surface area contributed by atoms with Crippen molar-refractivity contribution >= 4 is 34.6 Å². The summed E-state index contributed by atoms with van der Waals surface area (Å²) in [7, 11) is 0. The van der Waals surface area contributed by atoms with E-state index in [9.17, 15) is 4.79 Å². The largest absolute Gasteiger partial charge is 0.478 e. The van der Waals surface area contributed by atoms with Crippen LogP contribution in [-0.2, 0) is 4.79 Å². The second kappa shape index (κ2) is 7.49. The SMILES string of the molecule is N#CCOc1ccccc1C=C1SC(=Nc2ccccc2)NC1=O. The molecule has 2 aromatic carbocycles. The molecule has 0 aliphatic carbocycles. The van der Waals surface area contributed by atoms with Crippen molar-refractivity contribution in [2.45, 2.75) is 0 Å². The van der Waals surface area contributed by atoms with Crippen LogP contribution in [-0.4, -0.2) is 17.7 Å². The van der Waals surface area contributed by atoms with Gasteiger partial charge in [-0.2, -0.15) is 5.26 Å². The quantitative estimate of drug-likeness (QED) is 0.868. The average Bonchev–Trinajstić information content (AvgIpc) is 2.94. The fourth-order valence-electron chi connectivity index (χ4n) is 2.08. The molecule has 0 atom stereocenters. The third-order valence-electron chi connectivity index (χ3n) is 3.14. The van der Waals surface area contributed by atoms with Gasteiger partial charge in [-0.1, -0.05) is 36.4 Å². The summed E-state index contributed by atoms with van der Waals surface area (Å²) >= 11 is 1.27. The highest BCUT2D eigenvalue weighted by molar-refractivity contribution is 8.18. The van der Waals surface area contributed by atoms with Crippen LogP contribution in [0.1, 0.15) is 5.56 Å². The molecule has 24 heavy (non-hydrogen) atoms. The van der Waals surface area contributed by atoms with Crippen molar-refractivity contribution in [1.29, 1.82) is 5.26 Å². The number of nitrogens with one attached hydrogen (secondary N) is 1. The van der Waals surface area contributed by atoms with Crippen LogP contribution in [0.2, 0.25) is 0 Å². The summed E-state index contributed by atoms with van der Waals surface area (Å²) in [5, 5.41) is 11.9. The summed E-state index contributed by atoms with van der Waals surface area (Å²) in [4.78, 5) is 17.1. The molecule has 0 saturated carbocycles. The molecule has 0 radical (unpaired) electrons. The number of amides is 1. The van der Waals surface area contributed by atoms with E-state index >= 15 is 0 Å². The van der Waals surface area contributed by atoms with Crippen LogP contribution in [0, 0.1) is 11.3 Å². The van der Waals surface area contributed by atoms with E-state index in [2.05, 4.69) is 10.3 Å². The Morgan fingerprint density at radius 1 is 1.17 bits per heavy atom. The number of thioether (sulfide) groups is 1. The van der Waals surface area contributed by atoms with E-state index in [-0.39, 0.29) is 12.5 Å². The zero-order valence-corrected chi connectivity index (χ0v) is 13.4. The van der Waals surface area contributed by atoms with Crippen molar-refractivity contribution in [2.24, 2.45) is 4.99 Å². The highest BCUT2D eigenvalue weighted by atomic mass is 32.2. The number of carbonyl (C=O) groups is 1. The van der Waals surface area contributed by atoms with Crippen molar-refractivity contribution < 1.29 is 9.53 Å². The molecule has 0 bridgehead atoms. The van der Waals surface area contributed by atoms with Crippen molar-refractivity contribution in [3.05, 3.63) is 65.1 Å². The van der Waals surface area contributed by atoms with Crippen molar-refractivity contribution in [1.82, 2.24) is 5.32 Å². The van der Waals surface area contributed by atoms with Crippen LogP contribution in [0.15, 0.2) is 64.5 Å². The van der Waals surface area contributed by atoms with Gasteiger partial charge in [0.1, 0.15) is 11.8 Å². The molecule has 0 unspecified atom stereocenters. The number of benzene rings is 2. The maximum atomic E-state index is 12.1. The first-order valence-electron chi connectivity index (χ1n) is 7.19. The molecule has 1 saturated heterocycles. The van der Waals surface area contributed by atoms with E-state index < -0.39 is 0 Å². The van der Waals surface area contributed by atoms with Crippen LogP contribution >= 0.6 is 11.8 Å². The molecule has 2 aromatic rings. The zero-order chi connectivity index (χ0) is 16.8. The lowest BCUT2D eigenvalue weighted by atomic mass is 10.2. The van der Waals surface area contributed by atoms with E-state index in [0.29, 0.717) is 15.8 Å². The number of hydrogen-bond donors (Lipinski definition) is 1. The van der Waals surface area contributed by atoms with Gasteiger partial charge in [0.25, 0.3) is 5.91 Å². The van der Waals surface area contributed by atoms with Crippen molar-refractivity contribution in [2.75, 3.05) is 6.61 Å². The van der Waals surface area contributed by atoms with Crippen LogP contribution in [0.5, 0.6) is 5.75 Å². The van der Waals surface area contributed by atoms with Crippen LogP contribution in [0.25, 0.3) is 6.08 Å². The van der Waals surface area contributed by atoms with Gasteiger partial charge in [-0.05, 0) is 36.0 Å². The van der Waals surface area contributed by atoms with Gasteiger partial charge in [0.05, 0.1) is 10.6 Å². The molecule has 5 nitrogen and oxygen atoms in total. The number of ether oxygens (including phenoxy) is 1. The summed E-state index contributed by atoms with van der Waals surface area (Å²) in [5.74, 6) is 0.359. The maximum Gasteiger partial charge on any atom is 0.264 e. The van der Waals surface area contributed by atoms with Crippen LogP contribution in [0.4, 0.5) is 5.69 Å². The third-order valence-corrected chi connectivity index (χ3v) is 4.05. The highest BCUT2D eigenvalue weighted by Gasteiger charge is 2.24. The molecule has 1 fully saturated rings. The lowest BCUT2D eigenvalue weighted by molar-refractivity contribution is -0.115. The minimum absolute atomic E-state index is 0.0414. The Kier molecular flexibility index (Phi) is 4.94. The van der Waals surface area contributed by atoms with Gasteiger partial charge in [-0.3, -0.25) is 4.79 Å². The Balaban J connectivity index is 1.83. The first-order valence-corrected chi connectivity index (χ1v) is 8.01. The summed E-state index contributed by atoms with van der Waals surface area (Å²) in [6, 6.07) is 18.6. The van der Waals surface area contributed by atoms with E-state index in [0.717, 1.165) is 11.3 Å². The van der Waals surface area contributed by atoms with E-state index in [1.807, 2.05) is 54.6 Å². The van der Waals surface area contributed by atoms with E-state index in [4.69, 9.17) is 10.00 Å². The second-order valence-corrected chi connectivity index (χ2v) is 5.83. The fraction of sp³-hybridized carbons (Fsp3) is 0.0556. The van der Waals surface area contributed by atoms with Gasteiger partial charge in [-0.15, -0.1) is 0 Å². The Morgan fingerprint density at radius 2 is 1.92 bits per heavy atom. The standard InChI is InChI=1S/C18H13N3O2S/c19-10-11-23-15-9-5-4-6-13(15)12-16-17(22)21-18(24-16)20-14-7-2-1-3-8-14/h1-9,12H,11H2,(H,20,21,22). The Bertz CT molecular complexity index is 854. The average molecular weight is 335 g/mol. The predicted molar refractivity (Wildman–Crippen MR) is 94.8 cm³/mol. The maximum absolute atomic E-state index is 12.1. The molecular formula is C18H13N3O2S. The van der Waals surface area contributed by atoms with Crippen LogP contribution in [0.3, 0.4) is 0 Å². The van der Waals surface area contributed by atoms with Gasteiger partial charge in [0, 0.05) is 5.56 Å². The molecule has 1 heterocycles. The number of nitrogens with zero attached hydrogens (tertiary/aromatic N) is 2. The number of amidine groups is 1. The lowest BCUT2D eigenvalue weighted by Crippen LogP contribution is -2.19. The number of hydrogen-bond acceptors (Lipinski definition) is 5. The fourth-order valence-corrected chi connectivity index (χ4v) is 2.92. The second-order valence-electron chi connectivity index (χ2n) is 4.80. The Hall–Kier alpha value is -3.04. The molecular weight excluding hydrogens is 322 g/mol. The van der Waals surface area contributed by atoms with Gasteiger partial charge < -0.3 is 10.1 Å². The lowest BCUT2D eigenvalue weighted by Gasteiger charge is -2.05. The molecule has 1 aliphatic rings. The smallest absolute Gasteiger partial charge is 0.264 e. The minimum atomic E-state index is -0.204. The van der Waals surface area contributed by atoms with Gasteiger partial charge >= 0.3 is 0 Å². The highest BCUT2D eigenvalue weighted by Crippen LogP contribution is 2.30. The van der Waals surface area contributed by atoms with Crippen molar-refractivity contribution in [3.63, 3.8) is 0 Å². The molecule has 1 aliphatic heterocycles. The van der Waals surface area contributed by atoms with Gasteiger partial charge in [-0.25, -0.2) is 4.99 Å². The molecule has 0 aromatic heterocycles. The minimum Gasteiger partial charge on any atom is -0.478 e. The molecule has 0 spiro atoms. The predicted octanol–water partition coefficient (Wildman–Crippen LogP) is 3.48.